The molecular weight excluding hydrogens is 430 g/mol. The van der Waals surface area contributed by atoms with Crippen molar-refractivity contribution in [1.29, 1.82) is 0 Å². The van der Waals surface area contributed by atoms with Crippen LogP contribution in [0.1, 0.15) is 33.3 Å². The van der Waals surface area contributed by atoms with Crippen molar-refractivity contribution in [2.24, 2.45) is 0 Å². The van der Waals surface area contributed by atoms with Gasteiger partial charge in [0.25, 0.3) is 5.91 Å². The summed E-state index contributed by atoms with van der Waals surface area (Å²) in [6, 6.07) is 23.1. The van der Waals surface area contributed by atoms with Gasteiger partial charge in [0, 0.05) is 10.9 Å². The predicted octanol–water partition coefficient (Wildman–Crippen LogP) is 5.53. The van der Waals surface area contributed by atoms with Gasteiger partial charge in [0.05, 0.1) is 25.3 Å². The number of carbonyl (C=O) groups is 2. The molecule has 0 radical (unpaired) electrons. The van der Waals surface area contributed by atoms with Crippen molar-refractivity contribution in [3.8, 4) is 5.75 Å². The van der Waals surface area contributed by atoms with E-state index in [4.69, 9.17) is 9.15 Å². The smallest absolute Gasteiger partial charge is 0.290 e. The molecule has 1 aromatic heterocycles. The number of methoxy groups -OCH3 is 1. The minimum absolute atomic E-state index is 0.00422. The van der Waals surface area contributed by atoms with Crippen LogP contribution in [0.15, 0.2) is 94.6 Å². The maximum atomic E-state index is 13.6. The lowest BCUT2D eigenvalue weighted by Crippen LogP contribution is -2.31. The average molecular weight is 453 g/mol. The second-order valence-electron chi connectivity index (χ2n) is 8.30. The number of aliphatic hydroxyl groups is 1. The Morgan fingerprint density at radius 2 is 1.79 bits per heavy atom. The van der Waals surface area contributed by atoms with E-state index in [-0.39, 0.29) is 17.9 Å². The van der Waals surface area contributed by atoms with E-state index in [1.54, 1.807) is 19.2 Å². The molecule has 0 fully saturated rings. The molecule has 0 saturated heterocycles. The van der Waals surface area contributed by atoms with Crippen molar-refractivity contribution in [3.05, 3.63) is 113 Å². The first kappa shape index (κ1) is 21.5. The molecule has 1 aliphatic rings. The van der Waals surface area contributed by atoms with Crippen molar-refractivity contribution >= 4 is 22.7 Å². The topological polar surface area (TPSA) is 80.0 Å². The molecule has 5 rings (SSSR count). The van der Waals surface area contributed by atoms with Crippen LogP contribution in [-0.4, -0.2) is 28.8 Å². The summed E-state index contributed by atoms with van der Waals surface area (Å²) in [7, 11) is 1.56. The molecule has 1 atom stereocenters. The van der Waals surface area contributed by atoms with E-state index in [0.717, 1.165) is 22.1 Å². The number of furan rings is 1. The van der Waals surface area contributed by atoms with Crippen LogP contribution in [-0.2, 0) is 11.3 Å². The molecule has 0 bridgehead atoms. The maximum absolute atomic E-state index is 13.6. The number of carbonyl (C=O) groups excluding carboxylic acids is 2. The molecule has 0 aliphatic carbocycles. The molecule has 2 heterocycles. The number of hydrogen-bond donors (Lipinski definition) is 1. The molecule has 0 saturated carbocycles. The summed E-state index contributed by atoms with van der Waals surface area (Å²) in [4.78, 5) is 28.4. The van der Waals surface area contributed by atoms with Crippen LogP contribution in [0.5, 0.6) is 5.75 Å². The Balaban J connectivity index is 1.61. The van der Waals surface area contributed by atoms with E-state index in [0.29, 0.717) is 11.3 Å². The SMILES string of the molecule is COc1ccccc1CN1C(=O)C(O)=C(C(=O)c2cc3ccccc3o2)C1c1cccc(C)c1. The number of rotatable bonds is 6. The molecule has 6 nitrogen and oxygen atoms in total. The minimum atomic E-state index is -0.780. The van der Waals surface area contributed by atoms with Gasteiger partial charge in [-0.3, -0.25) is 9.59 Å². The normalized spacial score (nSPS) is 15.9. The summed E-state index contributed by atoms with van der Waals surface area (Å²) in [6.45, 7) is 2.09. The second-order valence-corrected chi connectivity index (χ2v) is 8.30. The van der Waals surface area contributed by atoms with Crippen LogP contribution < -0.4 is 4.74 Å². The van der Waals surface area contributed by atoms with E-state index >= 15 is 0 Å². The van der Waals surface area contributed by atoms with E-state index in [1.807, 2.05) is 73.7 Å². The van der Waals surface area contributed by atoms with Gasteiger partial charge in [-0.25, -0.2) is 0 Å². The van der Waals surface area contributed by atoms with Gasteiger partial charge in [-0.15, -0.1) is 0 Å². The van der Waals surface area contributed by atoms with E-state index in [9.17, 15) is 14.7 Å². The third-order valence-corrected chi connectivity index (χ3v) is 6.09. The Hall–Kier alpha value is -4.32. The summed E-state index contributed by atoms with van der Waals surface area (Å²) in [6.07, 6.45) is 0. The minimum Gasteiger partial charge on any atom is -0.503 e. The van der Waals surface area contributed by atoms with Crippen LogP contribution in [0.25, 0.3) is 11.0 Å². The molecular formula is C28H23NO5. The number of aliphatic hydroxyl groups excluding tert-OH is 1. The van der Waals surface area contributed by atoms with E-state index in [1.165, 1.54) is 4.90 Å². The molecule has 1 amide bonds. The summed E-state index contributed by atoms with van der Waals surface area (Å²) in [5, 5.41) is 11.7. The third kappa shape index (κ3) is 3.63. The van der Waals surface area contributed by atoms with Crippen molar-refractivity contribution in [1.82, 2.24) is 4.90 Å². The average Bonchev–Trinajstić information content (AvgIpc) is 3.39. The maximum Gasteiger partial charge on any atom is 0.290 e. The van der Waals surface area contributed by atoms with Crippen molar-refractivity contribution in [3.63, 3.8) is 0 Å². The number of benzene rings is 3. The van der Waals surface area contributed by atoms with Crippen LogP contribution >= 0.6 is 0 Å². The third-order valence-electron chi connectivity index (χ3n) is 6.09. The number of para-hydroxylation sites is 2. The molecule has 1 aliphatic heterocycles. The lowest BCUT2D eigenvalue weighted by Gasteiger charge is -2.27. The summed E-state index contributed by atoms with van der Waals surface area (Å²) in [5.74, 6) is -0.998. The Morgan fingerprint density at radius 1 is 1.03 bits per heavy atom. The number of ketones is 1. The first-order chi connectivity index (χ1) is 16.5. The highest BCUT2D eigenvalue weighted by atomic mass is 16.5. The van der Waals surface area contributed by atoms with Crippen LogP contribution in [0.4, 0.5) is 0 Å². The van der Waals surface area contributed by atoms with Gasteiger partial charge in [-0.05, 0) is 30.7 Å². The lowest BCUT2D eigenvalue weighted by molar-refractivity contribution is -0.130. The molecule has 170 valence electrons. The van der Waals surface area contributed by atoms with E-state index in [2.05, 4.69) is 0 Å². The second kappa shape index (κ2) is 8.56. The number of aryl methyl sites for hydroxylation is 1. The number of nitrogens with zero attached hydrogens (tertiary/aromatic N) is 1. The molecule has 6 heteroatoms. The first-order valence-corrected chi connectivity index (χ1v) is 10.9. The van der Waals surface area contributed by atoms with Crippen molar-refractivity contribution < 1.29 is 23.8 Å². The van der Waals surface area contributed by atoms with Gasteiger partial charge in [-0.2, -0.15) is 0 Å². The molecule has 34 heavy (non-hydrogen) atoms. The van der Waals surface area contributed by atoms with Gasteiger partial charge in [0.15, 0.2) is 11.5 Å². The number of hydrogen-bond acceptors (Lipinski definition) is 5. The van der Waals surface area contributed by atoms with Gasteiger partial charge >= 0.3 is 0 Å². The standard InChI is InChI=1S/C28H23NO5/c1-17-8-7-11-19(14-17)25-24(26(30)23-15-18-9-3-6-13-22(18)34-23)27(31)28(32)29(25)16-20-10-4-5-12-21(20)33-2/h3-15,25,31H,16H2,1-2H3. The monoisotopic (exact) mass is 453 g/mol. The number of Topliss-reactive ketones (excluding diaryl/α,β-unsaturated/α-hetero) is 1. The molecule has 1 unspecified atom stereocenters. The fraction of sp³-hybridized carbons (Fsp3) is 0.143. The van der Waals surface area contributed by atoms with Gasteiger partial charge < -0.3 is 19.2 Å². The molecule has 1 N–H and O–H groups in total. The molecule has 3 aromatic carbocycles. The van der Waals surface area contributed by atoms with Crippen LogP contribution in [0, 0.1) is 6.92 Å². The lowest BCUT2D eigenvalue weighted by atomic mass is 9.94. The summed E-state index contributed by atoms with van der Waals surface area (Å²) >= 11 is 0. The van der Waals surface area contributed by atoms with Gasteiger partial charge in [0.1, 0.15) is 11.3 Å². The number of fused-ring (bicyclic) bond motifs is 1. The fourth-order valence-corrected chi connectivity index (χ4v) is 4.48. The highest BCUT2D eigenvalue weighted by Crippen LogP contribution is 2.41. The van der Waals surface area contributed by atoms with E-state index < -0.39 is 23.5 Å². The van der Waals surface area contributed by atoms with Gasteiger partial charge in [-0.1, -0.05) is 66.2 Å². The zero-order chi connectivity index (χ0) is 23.8. The Kier molecular flexibility index (Phi) is 5.42. The Morgan fingerprint density at radius 3 is 2.56 bits per heavy atom. The van der Waals surface area contributed by atoms with Gasteiger partial charge in [0.2, 0.25) is 5.78 Å². The fourth-order valence-electron chi connectivity index (χ4n) is 4.48. The Bertz CT molecular complexity index is 1410. The van der Waals surface area contributed by atoms with Crippen LogP contribution in [0.2, 0.25) is 0 Å². The first-order valence-electron chi connectivity index (χ1n) is 10.9. The predicted molar refractivity (Wildman–Crippen MR) is 128 cm³/mol. The highest BCUT2D eigenvalue weighted by molar-refractivity contribution is 6.16. The highest BCUT2D eigenvalue weighted by Gasteiger charge is 2.44. The van der Waals surface area contributed by atoms with Crippen molar-refractivity contribution in [2.75, 3.05) is 7.11 Å². The van der Waals surface area contributed by atoms with Crippen LogP contribution in [0.3, 0.4) is 0 Å². The number of ether oxygens (including phenoxy) is 1. The Labute approximate surface area is 196 Å². The number of amides is 1. The zero-order valence-corrected chi connectivity index (χ0v) is 18.8. The zero-order valence-electron chi connectivity index (χ0n) is 18.8. The van der Waals surface area contributed by atoms with Crippen molar-refractivity contribution in [2.45, 2.75) is 19.5 Å². The summed E-state index contributed by atoms with van der Waals surface area (Å²) < 4.78 is 11.2. The summed E-state index contributed by atoms with van der Waals surface area (Å²) in [5.41, 5.74) is 3.04. The largest absolute Gasteiger partial charge is 0.503 e. The quantitative estimate of drug-likeness (QED) is 0.389. The molecule has 0 spiro atoms. The molecule has 4 aromatic rings.